The van der Waals surface area contributed by atoms with E-state index in [1.807, 2.05) is 0 Å². The fourth-order valence-corrected chi connectivity index (χ4v) is 0.917. The summed E-state index contributed by atoms with van der Waals surface area (Å²) in [5.74, 6) is -0.733. The Balaban J connectivity index is 2.49. The fraction of sp³-hybridized carbons (Fsp3) is 0.500. The molecule has 0 spiro atoms. The molecule has 0 fully saturated rings. The number of esters is 2. The molecule has 0 saturated carbocycles. The van der Waals surface area contributed by atoms with Crippen molar-refractivity contribution in [2.24, 2.45) is 0 Å². The van der Waals surface area contributed by atoms with E-state index in [0.29, 0.717) is 13.0 Å². The minimum Gasteiger partial charge on any atom is -0.462 e. The van der Waals surface area contributed by atoms with Gasteiger partial charge in [-0.2, -0.15) is 0 Å². The zero-order valence-corrected chi connectivity index (χ0v) is 6.78. The highest BCUT2D eigenvalue weighted by atomic mass is 16.6. The molecule has 1 rings (SSSR count). The van der Waals surface area contributed by atoms with Crippen LogP contribution in [0.15, 0.2) is 12.2 Å². The van der Waals surface area contributed by atoms with Gasteiger partial charge in [0.05, 0.1) is 6.61 Å². The highest BCUT2D eigenvalue weighted by molar-refractivity contribution is 5.82. The van der Waals surface area contributed by atoms with Crippen LogP contribution in [0.25, 0.3) is 0 Å². The van der Waals surface area contributed by atoms with Crippen LogP contribution in [-0.2, 0) is 19.1 Å². The summed E-state index contributed by atoms with van der Waals surface area (Å²) in [6, 6.07) is 0. The molecule has 66 valence electrons. The number of cyclic esters (lactones) is 1. The van der Waals surface area contributed by atoms with Gasteiger partial charge in [-0.15, -0.1) is 0 Å². The van der Waals surface area contributed by atoms with Gasteiger partial charge in [-0.05, 0) is 6.08 Å². The van der Waals surface area contributed by atoms with Crippen LogP contribution in [0.1, 0.15) is 13.3 Å². The number of hydrogen-bond acceptors (Lipinski definition) is 4. The Labute approximate surface area is 70.1 Å². The van der Waals surface area contributed by atoms with E-state index in [4.69, 9.17) is 9.47 Å². The van der Waals surface area contributed by atoms with Gasteiger partial charge in [0.1, 0.15) is 6.10 Å². The van der Waals surface area contributed by atoms with Gasteiger partial charge in [-0.3, -0.25) is 4.79 Å². The standard InChI is InChI=1S/C8H10O4/c1-6(9)12-7-2-3-8(10)11-5-4-7/h2-3,7H,4-5H2,1H3. The Morgan fingerprint density at radius 1 is 1.75 bits per heavy atom. The Bertz CT molecular complexity index is 219. The van der Waals surface area contributed by atoms with E-state index in [-0.39, 0.29) is 18.0 Å². The smallest absolute Gasteiger partial charge is 0.330 e. The molecule has 0 aromatic rings. The first kappa shape index (κ1) is 8.77. The van der Waals surface area contributed by atoms with Crippen molar-refractivity contribution >= 4 is 11.9 Å². The van der Waals surface area contributed by atoms with Crippen LogP contribution in [-0.4, -0.2) is 24.6 Å². The molecule has 0 N–H and O–H groups in total. The third-order valence-corrected chi connectivity index (χ3v) is 1.41. The van der Waals surface area contributed by atoms with Gasteiger partial charge in [0.25, 0.3) is 0 Å². The monoisotopic (exact) mass is 170 g/mol. The van der Waals surface area contributed by atoms with E-state index < -0.39 is 0 Å². The Kier molecular flexibility index (Phi) is 2.85. The molecule has 0 bridgehead atoms. The first-order valence-electron chi connectivity index (χ1n) is 3.70. The molecule has 0 radical (unpaired) electrons. The maximum atomic E-state index is 10.7. The topological polar surface area (TPSA) is 52.6 Å². The van der Waals surface area contributed by atoms with E-state index in [2.05, 4.69) is 0 Å². The maximum Gasteiger partial charge on any atom is 0.330 e. The van der Waals surface area contributed by atoms with Crippen molar-refractivity contribution < 1.29 is 19.1 Å². The van der Waals surface area contributed by atoms with E-state index in [1.54, 1.807) is 0 Å². The number of carbonyl (C=O) groups excluding carboxylic acids is 2. The predicted molar refractivity (Wildman–Crippen MR) is 40.3 cm³/mol. The number of rotatable bonds is 1. The molecule has 1 heterocycles. The first-order valence-corrected chi connectivity index (χ1v) is 3.70. The van der Waals surface area contributed by atoms with E-state index in [1.165, 1.54) is 19.1 Å². The molecule has 4 nitrogen and oxygen atoms in total. The normalized spacial score (nSPS) is 22.8. The van der Waals surface area contributed by atoms with Crippen LogP contribution >= 0.6 is 0 Å². The average molecular weight is 170 g/mol. The van der Waals surface area contributed by atoms with Crippen LogP contribution < -0.4 is 0 Å². The van der Waals surface area contributed by atoms with Gasteiger partial charge in [0.15, 0.2) is 0 Å². The number of hydrogen-bond donors (Lipinski definition) is 0. The molecule has 1 atom stereocenters. The molecule has 0 aliphatic carbocycles. The second-order valence-corrected chi connectivity index (χ2v) is 2.46. The van der Waals surface area contributed by atoms with Crippen molar-refractivity contribution in [3.05, 3.63) is 12.2 Å². The zero-order valence-electron chi connectivity index (χ0n) is 6.78. The predicted octanol–water partition coefficient (Wildman–Crippen LogP) is 0.421. The maximum absolute atomic E-state index is 10.7. The summed E-state index contributed by atoms with van der Waals surface area (Å²) in [4.78, 5) is 21.2. The Morgan fingerprint density at radius 2 is 2.50 bits per heavy atom. The van der Waals surface area contributed by atoms with Crippen molar-refractivity contribution in [3.63, 3.8) is 0 Å². The minimum atomic E-state index is -0.385. The molecule has 4 heteroatoms. The summed E-state index contributed by atoms with van der Waals surface area (Å²) >= 11 is 0. The quantitative estimate of drug-likeness (QED) is 0.535. The summed E-state index contributed by atoms with van der Waals surface area (Å²) in [7, 11) is 0. The lowest BCUT2D eigenvalue weighted by Crippen LogP contribution is -2.14. The van der Waals surface area contributed by atoms with Crippen LogP contribution in [0.4, 0.5) is 0 Å². The van der Waals surface area contributed by atoms with Gasteiger partial charge in [0.2, 0.25) is 0 Å². The average Bonchev–Trinajstić information content (AvgIpc) is 2.15. The largest absolute Gasteiger partial charge is 0.462 e. The third kappa shape index (κ3) is 2.74. The number of ether oxygens (including phenoxy) is 2. The lowest BCUT2D eigenvalue weighted by molar-refractivity contribution is -0.144. The second-order valence-electron chi connectivity index (χ2n) is 2.46. The van der Waals surface area contributed by atoms with Gasteiger partial charge in [0, 0.05) is 19.4 Å². The summed E-state index contributed by atoms with van der Waals surface area (Å²) < 4.78 is 9.56. The molecule has 0 aromatic heterocycles. The van der Waals surface area contributed by atoms with Gasteiger partial charge >= 0.3 is 11.9 Å². The zero-order chi connectivity index (χ0) is 8.97. The van der Waals surface area contributed by atoms with E-state index >= 15 is 0 Å². The van der Waals surface area contributed by atoms with Gasteiger partial charge in [-0.25, -0.2) is 4.79 Å². The Morgan fingerprint density at radius 3 is 3.17 bits per heavy atom. The summed E-state index contributed by atoms with van der Waals surface area (Å²) in [5.41, 5.74) is 0. The molecule has 12 heavy (non-hydrogen) atoms. The molecular formula is C8H10O4. The number of carbonyl (C=O) groups is 2. The lowest BCUT2D eigenvalue weighted by atomic mass is 10.2. The molecule has 0 amide bonds. The van der Waals surface area contributed by atoms with Crippen LogP contribution in [0.2, 0.25) is 0 Å². The van der Waals surface area contributed by atoms with Crippen molar-refractivity contribution in [2.75, 3.05) is 6.61 Å². The van der Waals surface area contributed by atoms with Crippen molar-refractivity contribution in [1.82, 2.24) is 0 Å². The SMILES string of the molecule is CC(=O)OC1C=CC(=O)OCC1. The van der Waals surface area contributed by atoms with Crippen LogP contribution in [0.3, 0.4) is 0 Å². The first-order chi connectivity index (χ1) is 5.68. The minimum absolute atomic E-state index is 0.295. The van der Waals surface area contributed by atoms with Gasteiger partial charge < -0.3 is 9.47 Å². The molecule has 1 aliphatic heterocycles. The highest BCUT2D eigenvalue weighted by Crippen LogP contribution is 2.05. The Hall–Kier alpha value is -1.32. The molecule has 0 saturated heterocycles. The molecular weight excluding hydrogens is 160 g/mol. The molecule has 1 unspecified atom stereocenters. The van der Waals surface area contributed by atoms with Crippen LogP contribution in [0.5, 0.6) is 0 Å². The summed E-state index contributed by atoms with van der Waals surface area (Å²) in [6.07, 6.45) is 3.02. The lowest BCUT2D eigenvalue weighted by Gasteiger charge is -2.09. The third-order valence-electron chi connectivity index (χ3n) is 1.41. The highest BCUT2D eigenvalue weighted by Gasteiger charge is 2.13. The van der Waals surface area contributed by atoms with E-state index in [9.17, 15) is 9.59 Å². The van der Waals surface area contributed by atoms with Crippen molar-refractivity contribution in [1.29, 1.82) is 0 Å². The van der Waals surface area contributed by atoms with Crippen LogP contribution in [0, 0.1) is 0 Å². The van der Waals surface area contributed by atoms with Crippen molar-refractivity contribution in [3.8, 4) is 0 Å². The van der Waals surface area contributed by atoms with Crippen molar-refractivity contribution in [2.45, 2.75) is 19.4 Å². The van der Waals surface area contributed by atoms with E-state index in [0.717, 1.165) is 0 Å². The molecule has 1 aliphatic rings. The fourth-order valence-electron chi connectivity index (χ4n) is 0.917. The second kappa shape index (κ2) is 3.90. The molecule has 0 aromatic carbocycles. The summed E-state index contributed by atoms with van der Waals surface area (Å²) in [5, 5.41) is 0. The van der Waals surface area contributed by atoms with Gasteiger partial charge in [-0.1, -0.05) is 0 Å². The summed E-state index contributed by atoms with van der Waals surface area (Å²) in [6.45, 7) is 1.63.